The van der Waals surface area contributed by atoms with Crippen molar-refractivity contribution in [3.63, 3.8) is 0 Å². The van der Waals surface area contributed by atoms with Gasteiger partial charge in [0.1, 0.15) is 18.0 Å². The lowest BCUT2D eigenvalue weighted by molar-refractivity contribution is 0.391. The highest BCUT2D eigenvalue weighted by atomic mass is 15.3. The SMILES string of the molecule is c1cn(-c2ccc(CNC[C@H]3CNc4ccnn4C3)cn2)cn1. The van der Waals surface area contributed by atoms with E-state index in [1.54, 1.807) is 12.5 Å². The van der Waals surface area contributed by atoms with Crippen molar-refractivity contribution in [2.75, 3.05) is 18.4 Å². The van der Waals surface area contributed by atoms with E-state index in [1.165, 1.54) is 5.56 Å². The summed E-state index contributed by atoms with van der Waals surface area (Å²) in [6.45, 7) is 3.71. The van der Waals surface area contributed by atoms with Crippen LogP contribution in [0.25, 0.3) is 5.82 Å². The predicted molar refractivity (Wildman–Crippen MR) is 87.3 cm³/mol. The quantitative estimate of drug-likeness (QED) is 0.743. The van der Waals surface area contributed by atoms with Crippen molar-refractivity contribution in [2.45, 2.75) is 13.1 Å². The van der Waals surface area contributed by atoms with Crippen molar-refractivity contribution < 1.29 is 0 Å². The van der Waals surface area contributed by atoms with Crippen LogP contribution in [0, 0.1) is 5.92 Å². The van der Waals surface area contributed by atoms with Gasteiger partial charge in [-0.25, -0.2) is 14.6 Å². The van der Waals surface area contributed by atoms with Gasteiger partial charge >= 0.3 is 0 Å². The molecule has 4 rings (SSSR count). The standard InChI is InChI=1S/C16H19N7/c1-2-15(22-6-5-17-12-22)19-9-13(1)7-18-8-14-10-20-16-3-4-21-23(16)11-14/h1-6,9,12,14,18,20H,7-8,10-11H2/t14-/m0/s1. The van der Waals surface area contributed by atoms with Crippen LogP contribution < -0.4 is 10.6 Å². The van der Waals surface area contributed by atoms with Crippen molar-refractivity contribution in [2.24, 2.45) is 5.92 Å². The minimum atomic E-state index is 0.542. The molecule has 0 radical (unpaired) electrons. The van der Waals surface area contributed by atoms with Crippen LogP contribution in [-0.4, -0.2) is 37.4 Å². The second-order valence-electron chi connectivity index (χ2n) is 5.77. The molecule has 0 aliphatic carbocycles. The van der Waals surface area contributed by atoms with E-state index in [1.807, 2.05) is 40.0 Å². The van der Waals surface area contributed by atoms with Crippen LogP contribution in [0.2, 0.25) is 0 Å². The Bertz CT molecular complexity index is 745. The van der Waals surface area contributed by atoms with Crippen LogP contribution in [0.1, 0.15) is 5.56 Å². The van der Waals surface area contributed by atoms with Crippen LogP contribution in [0.4, 0.5) is 5.82 Å². The molecular weight excluding hydrogens is 290 g/mol. The average Bonchev–Trinajstić information content (AvgIpc) is 3.27. The second kappa shape index (κ2) is 6.21. The van der Waals surface area contributed by atoms with Gasteiger partial charge in [-0.1, -0.05) is 6.07 Å². The van der Waals surface area contributed by atoms with Gasteiger partial charge in [0, 0.05) is 56.8 Å². The monoisotopic (exact) mass is 309 g/mol. The second-order valence-corrected chi connectivity index (χ2v) is 5.77. The molecule has 0 spiro atoms. The van der Waals surface area contributed by atoms with E-state index < -0.39 is 0 Å². The Balaban J connectivity index is 1.28. The van der Waals surface area contributed by atoms with Crippen LogP contribution in [-0.2, 0) is 13.1 Å². The van der Waals surface area contributed by atoms with E-state index in [9.17, 15) is 0 Å². The summed E-state index contributed by atoms with van der Waals surface area (Å²) in [6, 6.07) is 6.12. The molecule has 0 fully saturated rings. The molecule has 7 nitrogen and oxygen atoms in total. The summed E-state index contributed by atoms with van der Waals surface area (Å²) < 4.78 is 3.92. The molecule has 3 aromatic rings. The number of fused-ring (bicyclic) bond motifs is 1. The number of rotatable bonds is 5. The van der Waals surface area contributed by atoms with Crippen molar-refractivity contribution in [1.82, 2.24) is 29.6 Å². The average molecular weight is 309 g/mol. The van der Waals surface area contributed by atoms with E-state index in [2.05, 4.69) is 31.8 Å². The molecule has 0 unspecified atom stereocenters. The molecule has 23 heavy (non-hydrogen) atoms. The number of imidazole rings is 1. The fourth-order valence-electron chi connectivity index (χ4n) is 2.81. The van der Waals surface area contributed by atoms with Crippen molar-refractivity contribution in [3.8, 4) is 5.82 Å². The molecule has 2 N–H and O–H groups in total. The van der Waals surface area contributed by atoms with Crippen molar-refractivity contribution in [1.29, 1.82) is 0 Å². The summed E-state index contributed by atoms with van der Waals surface area (Å²) in [6.07, 6.45) is 9.14. The maximum Gasteiger partial charge on any atom is 0.137 e. The van der Waals surface area contributed by atoms with Gasteiger partial charge in [0.25, 0.3) is 0 Å². The molecule has 0 amide bonds. The smallest absolute Gasteiger partial charge is 0.137 e. The van der Waals surface area contributed by atoms with Crippen molar-refractivity contribution in [3.05, 3.63) is 54.9 Å². The van der Waals surface area contributed by atoms with Gasteiger partial charge in [-0.05, 0) is 11.6 Å². The highest BCUT2D eigenvalue weighted by Crippen LogP contribution is 2.15. The molecule has 1 atom stereocenters. The van der Waals surface area contributed by atoms with Crippen LogP contribution in [0.3, 0.4) is 0 Å². The molecule has 0 saturated heterocycles. The Morgan fingerprint density at radius 3 is 3.09 bits per heavy atom. The molecule has 0 saturated carbocycles. The van der Waals surface area contributed by atoms with E-state index in [4.69, 9.17) is 0 Å². The van der Waals surface area contributed by atoms with Crippen LogP contribution in [0.15, 0.2) is 49.3 Å². The number of nitrogens with one attached hydrogen (secondary N) is 2. The summed E-state index contributed by atoms with van der Waals surface area (Å²) in [5.41, 5.74) is 1.18. The highest BCUT2D eigenvalue weighted by molar-refractivity contribution is 5.35. The third-order valence-electron chi connectivity index (χ3n) is 4.06. The Kier molecular flexibility index (Phi) is 3.77. The number of anilines is 1. The zero-order chi connectivity index (χ0) is 15.5. The molecular formula is C16H19N7. The van der Waals surface area contributed by atoms with Gasteiger partial charge in [0.05, 0.1) is 6.20 Å². The molecule has 1 aliphatic rings. The Hall–Kier alpha value is -2.67. The zero-order valence-corrected chi connectivity index (χ0v) is 12.8. The lowest BCUT2D eigenvalue weighted by Crippen LogP contribution is -2.35. The number of pyridine rings is 1. The summed E-state index contributed by atoms with van der Waals surface area (Å²) in [5, 5.41) is 11.2. The summed E-state index contributed by atoms with van der Waals surface area (Å²) in [4.78, 5) is 8.50. The molecule has 0 bridgehead atoms. The maximum absolute atomic E-state index is 4.47. The number of hydrogen-bond donors (Lipinski definition) is 2. The van der Waals surface area contributed by atoms with Gasteiger partial charge < -0.3 is 10.6 Å². The minimum Gasteiger partial charge on any atom is -0.370 e. The van der Waals surface area contributed by atoms with Crippen LogP contribution in [0.5, 0.6) is 0 Å². The largest absolute Gasteiger partial charge is 0.370 e. The minimum absolute atomic E-state index is 0.542. The lowest BCUT2D eigenvalue weighted by atomic mass is 10.1. The first kappa shape index (κ1) is 14.0. The first-order valence-electron chi connectivity index (χ1n) is 7.78. The zero-order valence-electron chi connectivity index (χ0n) is 12.8. The van der Waals surface area contributed by atoms with Crippen LogP contribution >= 0.6 is 0 Å². The molecule has 4 heterocycles. The molecule has 3 aromatic heterocycles. The molecule has 7 heteroatoms. The Labute approximate surface area is 134 Å². The summed E-state index contributed by atoms with van der Waals surface area (Å²) in [7, 11) is 0. The van der Waals surface area contributed by atoms with Gasteiger partial charge in [-0.3, -0.25) is 4.57 Å². The third-order valence-corrected chi connectivity index (χ3v) is 4.06. The lowest BCUT2D eigenvalue weighted by Gasteiger charge is -2.25. The topological polar surface area (TPSA) is 72.6 Å². The first-order valence-corrected chi connectivity index (χ1v) is 7.78. The number of aromatic nitrogens is 5. The van der Waals surface area contributed by atoms with E-state index in [-0.39, 0.29) is 0 Å². The fourth-order valence-corrected chi connectivity index (χ4v) is 2.81. The van der Waals surface area contributed by atoms with Gasteiger partial charge in [-0.2, -0.15) is 5.10 Å². The maximum atomic E-state index is 4.47. The van der Waals surface area contributed by atoms with Gasteiger partial charge in [-0.15, -0.1) is 0 Å². The molecule has 118 valence electrons. The van der Waals surface area contributed by atoms with Gasteiger partial charge in [0.2, 0.25) is 0 Å². The number of nitrogens with zero attached hydrogens (tertiary/aromatic N) is 5. The van der Waals surface area contributed by atoms with Gasteiger partial charge in [0.15, 0.2) is 0 Å². The van der Waals surface area contributed by atoms with E-state index in [0.29, 0.717) is 5.92 Å². The normalized spacial score (nSPS) is 16.8. The van der Waals surface area contributed by atoms with Crippen molar-refractivity contribution >= 4 is 5.82 Å². The summed E-state index contributed by atoms with van der Waals surface area (Å²) >= 11 is 0. The highest BCUT2D eigenvalue weighted by Gasteiger charge is 2.17. The first-order chi connectivity index (χ1) is 11.4. The van der Waals surface area contributed by atoms with E-state index >= 15 is 0 Å². The predicted octanol–water partition coefficient (Wildman–Crippen LogP) is 1.30. The number of hydrogen-bond acceptors (Lipinski definition) is 5. The summed E-state index contributed by atoms with van der Waals surface area (Å²) in [5.74, 6) is 2.54. The molecule has 1 aliphatic heterocycles. The van der Waals surface area contributed by atoms with E-state index in [0.717, 1.165) is 37.8 Å². The Morgan fingerprint density at radius 2 is 2.26 bits per heavy atom. The fraction of sp³-hybridized carbons (Fsp3) is 0.312. The molecule has 0 aromatic carbocycles. The Morgan fingerprint density at radius 1 is 1.26 bits per heavy atom. The third kappa shape index (κ3) is 3.09.